The number of rotatable bonds is 6. The van der Waals surface area contributed by atoms with E-state index in [1.165, 1.54) is 0 Å². The van der Waals surface area contributed by atoms with Gasteiger partial charge in [0.15, 0.2) is 0 Å². The van der Waals surface area contributed by atoms with E-state index in [4.69, 9.17) is 22.7 Å². The van der Waals surface area contributed by atoms with Gasteiger partial charge in [0.25, 0.3) is 17.7 Å². The Bertz CT molecular complexity index is 924. The second-order valence-electron chi connectivity index (χ2n) is 5.68. The van der Waals surface area contributed by atoms with Crippen LogP contribution in [0.1, 0.15) is 43.2 Å². The van der Waals surface area contributed by atoms with Crippen molar-refractivity contribution in [1.82, 2.24) is 4.90 Å². The number of halogens is 1. The summed E-state index contributed by atoms with van der Waals surface area (Å²) in [6.45, 7) is 0.167. The molecule has 0 unspecified atom stereocenters. The predicted molar refractivity (Wildman–Crippen MR) is 100 cm³/mol. The molecule has 0 fully saturated rings. The van der Waals surface area contributed by atoms with Gasteiger partial charge in [0.1, 0.15) is 0 Å². The van der Waals surface area contributed by atoms with Crippen LogP contribution in [-0.2, 0) is 0 Å². The molecular formula is C17H15ClN4O3S. The summed E-state index contributed by atoms with van der Waals surface area (Å²) >= 11 is 6.97. The SMILES string of the molecule is N=C(N)CCCN1C(=O)c2cccc(NC(=O)c3ccc(Cl)s3)c2C1=O. The summed E-state index contributed by atoms with van der Waals surface area (Å²) in [5.41, 5.74) is 6.01. The lowest BCUT2D eigenvalue weighted by Crippen LogP contribution is -2.31. The highest BCUT2D eigenvalue weighted by atomic mass is 35.5. The molecule has 1 aromatic carbocycles. The molecule has 0 aliphatic carbocycles. The first-order valence-electron chi connectivity index (χ1n) is 7.77. The smallest absolute Gasteiger partial charge is 0.265 e. The number of carbonyl (C=O) groups excluding carboxylic acids is 3. The second-order valence-corrected chi connectivity index (χ2v) is 7.39. The molecule has 0 spiro atoms. The zero-order valence-electron chi connectivity index (χ0n) is 13.5. The van der Waals surface area contributed by atoms with Crippen molar-refractivity contribution in [2.75, 3.05) is 11.9 Å². The molecule has 26 heavy (non-hydrogen) atoms. The van der Waals surface area contributed by atoms with Crippen LogP contribution in [0.25, 0.3) is 0 Å². The van der Waals surface area contributed by atoms with Gasteiger partial charge >= 0.3 is 0 Å². The number of benzene rings is 1. The molecule has 0 radical (unpaired) electrons. The molecule has 9 heteroatoms. The van der Waals surface area contributed by atoms with Crippen molar-refractivity contribution in [3.63, 3.8) is 0 Å². The van der Waals surface area contributed by atoms with Crippen molar-refractivity contribution in [1.29, 1.82) is 5.41 Å². The van der Waals surface area contributed by atoms with Crippen LogP contribution in [0.2, 0.25) is 4.34 Å². The quantitative estimate of drug-likeness (QED) is 0.399. The Balaban J connectivity index is 1.82. The highest BCUT2D eigenvalue weighted by Crippen LogP contribution is 2.30. The lowest BCUT2D eigenvalue weighted by atomic mass is 10.1. The maximum atomic E-state index is 12.7. The number of nitrogens with one attached hydrogen (secondary N) is 2. The van der Waals surface area contributed by atoms with Gasteiger partial charge in [0, 0.05) is 13.0 Å². The van der Waals surface area contributed by atoms with E-state index in [9.17, 15) is 14.4 Å². The Hall–Kier alpha value is -2.71. The molecule has 2 aromatic rings. The van der Waals surface area contributed by atoms with Crippen molar-refractivity contribution in [3.8, 4) is 0 Å². The van der Waals surface area contributed by atoms with Crippen LogP contribution in [0.15, 0.2) is 30.3 Å². The van der Waals surface area contributed by atoms with Gasteiger partial charge in [0.05, 0.1) is 31.9 Å². The number of thiophene rings is 1. The Morgan fingerprint density at radius 3 is 2.65 bits per heavy atom. The number of nitrogens with two attached hydrogens (primary N) is 1. The van der Waals surface area contributed by atoms with E-state index in [0.717, 1.165) is 16.2 Å². The van der Waals surface area contributed by atoms with Crippen LogP contribution in [0.5, 0.6) is 0 Å². The van der Waals surface area contributed by atoms with Crippen LogP contribution in [0.3, 0.4) is 0 Å². The summed E-state index contributed by atoms with van der Waals surface area (Å²) in [5.74, 6) is -1.27. The van der Waals surface area contributed by atoms with Crippen molar-refractivity contribution >= 4 is 52.2 Å². The number of anilines is 1. The molecule has 1 aliphatic heterocycles. The fourth-order valence-corrected chi connectivity index (χ4v) is 3.63. The van der Waals surface area contributed by atoms with Gasteiger partial charge in [-0.3, -0.25) is 24.7 Å². The van der Waals surface area contributed by atoms with E-state index in [1.54, 1.807) is 30.3 Å². The van der Waals surface area contributed by atoms with Crippen molar-refractivity contribution < 1.29 is 14.4 Å². The molecular weight excluding hydrogens is 376 g/mol. The molecule has 4 N–H and O–H groups in total. The highest BCUT2D eigenvalue weighted by Gasteiger charge is 2.37. The summed E-state index contributed by atoms with van der Waals surface area (Å²) in [4.78, 5) is 39.0. The molecule has 1 aliphatic rings. The number of imide groups is 1. The van der Waals surface area contributed by atoms with Gasteiger partial charge in [-0.15, -0.1) is 11.3 Å². The average molecular weight is 391 g/mol. The number of hydrogen-bond acceptors (Lipinski definition) is 5. The predicted octanol–water partition coefficient (Wildman–Crippen LogP) is 2.97. The average Bonchev–Trinajstić information content (AvgIpc) is 3.12. The minimum absolute atomic E-state index is 0.00386. The number of amides is 3. The summed E-state index contributed by atoms with van der Waals surface area (Å²) in [6.07, 6.45) is 0.715. The highest BCUT2D eigenvalue weighted by molar-refractivity contribution is 7.18. The molecule has 0 atom stereocenters. The standard InChI is InChI=1S/C17H15ClN4O3S/c18-12-7-6-11(26-12)15(23)21-10-4-1-3-9-14(10)17(25)22(16(9)24)8-2-5-13(19)20/h1,3-4,6-7H,2,5,8H2,(H3,19,20)(H,21,23). The van der Waals surface area contributed by atoms with Crippen LogP contribution >= 0.6 is 22.9 Å². The molecule has 0 saturated heterocycles. The Kier molecular flexibility index (Phi) is 5.06. The summed E-state index contributed by atoms with van der Waals surface area (Å²) in [6, 6.07) is 7.95. The van der Waals surface area contributed by atoms with Gasteiger partial charge in [-0.25, -0.2) is 0 Å². The molecule has 3 amide bonds. The third kappa shape index (κ3) is 3.47. The Morgan fingerprint density at radius 1 is 1.23 bits per heavy atom. The molecule has 0 saturated carbocycles. The van der Waals surface area contributed by atoms with Gasteiger partial charge in [0.2, 0.25) is 0 Å². The maximum Gasteiger partial charge on any atom is 0.265 e. The fourth-order valence-electron chi connectivity index (χ4n) is 2.69. The number of carbonyl (C=O) groups is 3. The van der Waals surface area contributed by atoms with Crippen molar-refractivity contribution in [3.05, 3.63) is 50.7 Å². The van der Waals surface area contributed by atoms with E-state index in [1.807, 2.05) is 0 Å². The van der Waals surface area contributed by atoms with Crippen molar-refractivity contribution in [2.45, 2.75) is 12.8 Å². The van der Waals surface area contributed by atoms with Crippen LogP contribution < -0.4 is 11.1 Å². The third-order valence-corrected chi connectivity index (χ3v) is 5.10. The number of nitrogens with zero attached hydrogens (tertiary/aromatic N) is 1. The third-order valence-electron chi connectivity index (χ3n) is 3.87. The van der Waals surface area contributed by atoms with Crippen molar-refractivity contribution in [2.24, 2.45) is 5.73 Å². The first-order chi connectivity index (χ1) is 12.4. The minimum Gasteiger partial charge on any atom is -0.388 e. The molecule has 134 valence electrons. The zero-order chi connectivity index (χ0) is 18.8. The first kappa shape index (κ1) is 18.1. The zero-order valence-corrected chi connectivity index (χ0v) is 15.1. The fraction of sp³-hybridized carbons (Fsp3) is 0.176. The van der Waals surface area contributed by atoms with Crippen LogP contribution in [0.4, 0.5) is 5.69 Å². The second kappa shape index (κ2) is 7.27. The van der Waals surface area contributed by atoms with E-state index < -0.39 is 17.7 Å². The Morgan fingerprint density at radius 2 is 2.00 bits per heavy atom. The molecule has 7 nitrogen and oxygen atoms in total. The van der Waals surface area contributed by atoms with Crippen LogP contribution in [0, 0.1) is 5.41 Å². The lowest BCUT2D eigenvalue weighted by Gasteiger charge is -2.13. The normalized spacial score (nSPS) is 13.0. The molecule has 0 bridgehead atoms. The molecule has 2 heterocycles. The van der Waals surface area contributed by atoms with E-state index >= 15 is 0 Å². The van der Waals surface area contributed by atoms with Gasteiger partial charge in [-0.05, 0) is 30.7 Å². The number of fused-ring (bicyclic) bond motifs is 1. The lowest BCUT2D eigenvalue weighted by molar-refractivity contribution is 0.0653. The van der Waals surface area contributed by atoms with Gasteiger partial charge in [-0.2, -0.15) is 0 Å². The topological polar surface area (TPSA) is 116 Å². The monoisotopic (exact) mass is 390 g/mol. The van der Waals surface area contributed by atoms with E-state index in [0.29, 0.717) is 22.1 Å². The van der Waals surface area contributed by atoms with E-state index in [2.05, 4.69) is 5.32 Å². The van der Waals surface area contributed by atoms with E-state index in [-0.39, 0.29) is 29.2 Å². The van der Waals surface area contributed by atoms with Gasteiger partial charge < -0.3 is 11.1 Å². The number of hydrogen-bond donors (Lipinski definition) is 3. The summed E-state index contributed by atoms with van der Waals surface area (Å²) in [5, 5.41) is 9.90. The molecule has 3 rings (SSSR count). The Labute approximate surface area is 158 Å². The largest absolute Gasteiger partial charge is 0.388 e. The van der Waals surface area contributed by atoms with Gasteiger partial charge in [-0.1, -0.05) is 17.7 Å². The minimum atomic E-state index is -0.464. The maximum absolute atomic E-state index is 12.7. The summed E-state index contributed by atoms with van der Waals surface area (Å²) in [7, 11) is 0. The number of amidine groups is 1. The first-order valence-corrected chi connectivity index (χ1v) is 8.96. The van der Waals surface area contributed by atoms with Crippen LogP contribution in [-0.4, -0.2) is 35.0 Å². The summed E-state index contributed by atoms with van der Waals surface area (Å²) < 4.78 is 0.483. The molecule has 1 aromatic heterocycles.